The molecule has 1 saturated heterocycles. The lowest BCUT2D eigenvalue weighted by molar-refractivity contribution is -0.185. The molecule has 0 radical (unpaired) electrons. The normalized spacial score (nSPS) is 29.8. The first-order valence-corrected chi connectivity index (χ1v) is 10.1. The number of carbonyl (C=O) groups is 2. The quantitative estimate of drug-likeness (QED) is 0.672. The van der Waals surface area contributed by atoms with Crippen molar-refractivity contribution in [3.63, 3.8) is 0 Å². The molecule has 8 nitrogen and oxygen atoms in total. The fourth-order valence-corrected chi connectivity index (χ4v) is 4.19. The highest BCUT2D eigenvalue weighted by molar-refractivity contribution is 5.85. The fourth-order valence-electron chi connectivity index (χ4n) is 4.19. The topological polar surface area (TPSA) is 92.3 Å². The molecule has 0 spiro atoms. The first-order valence-electron chi connectivity index (χ1n) is 10.1. The smallest absolute Gasteiger partial charge is 0.331 e. The van der Waals surface area contributed by atoms with Crippen LogP contribution in [0.2, 0.25) is 0 Å². The highest BCUT2D eigenvalue weighted by Gasteiger charge is 2.57. The van der Waals surface area contributed by atoms with Crippen molar-refractivity contribution in [1.82, 2.24) is 5.32 Å². The van der Waals surface area contributed by atoms with Gasteiger partial charge >= 0.3 is 5.97 Å². The number of amides is 1. The van der Waals surface area contributed by atoms with Gasteiger partial charge in [0.25, 0.3) is 5.91 Å². The molecule has 2 aliphatic rings. The number of carbonyl (C=O) groups excluding carboxylic acids is 2. The first kappa shape index (κ1) is 22.7. The van der Waals surface area contributed by atoms with Gasteiger partial charge in [0.2, 0.25) is 0 Å². The Labute approximate surface area is 177 Å². The molecule has 1 aromatic rings. The summed E-state index contributed by atoms with van der Waals surface area (Å²) < 4.78 is 28.9. The van der Waals surface area contributed by atoms with Gasteiger partial charge in [-0.1, -0.05) is 29.8 Å². The minimum atomic E-state index is -1.18. The zero-order valence-electron chi connectivity index (χ0n) is 18.2. The van der Waals surface area contributed by atoms with Crippen molar-refractivity contribution in [2.45, 2.75) is 69.9 Å². The molecular formula is C22H31NO7. The number of aryl methyl sites for hydroxylation is 1. The van der Waals surface area contributed by atoms with E-state index in [1.165, 1.54) is 7.11 Å². The molecule has 3 rings (SSSR count). The number of nitrogens with one attached hydrogen (secondary N) is 1. The zero-order valence-corrected chi connectivity index (χ0v) is 18.2. The van der Waals surface area contributed by atoms with Crippen molar-refractivity contribution in [3.05, 3.63) is 35.4 Å². The van der Waals surface area contributed by atoms with Crippen LogP contribution < -0.4 is 5.32 Å². The van der Waals surface area contributed by atoms with Crippen molar-refractivity contribution >= 4 is 11.9 Å². The maximum absolute atomic E-state index is 13.0. The molecule has 166 valence electrons. The Balaban J connectivity index is 1.85. The second-order valence-corrected chi connectivity index (χ2v) is 8.32. The van der Waals surface area contributed by atoms with E-state index in [0.717, 1.165) is 11.1 Å². The third-order valence-electron chi connectivity index (χ3n) is 5.53. The summed E-state index contributed by atoms with van der Waals surface area (Å²) in [5.41, 5.74) is 0.906. The molecule has 0 aromatic heterocycles. The molecule has 1 aliphatic carbocycles. The number of likely N-dealkylation sites (N-methyl/N-ethyl adjacent to an activating group) is 1. The van der Waals surface area contributed by atoms with E-state index in [4.69, 9.17) is 18.9 Å². The van der Waals surface area contributed by atoms with Gasteiger partial charge in [-0.25, -0.2) is 4.79 Å². The van der Waals surface area contributed by atoms with E-state index in [-0.39, 0.29) is 25.5 Å². The Morgan fingerprint density at radius 3 is 2.67 bits per heavy atom. The number of ether oxygens (including phenoxy) is 5. The van der Waals surface area contributed by atoms with Crippen molar-refractivity contribution in [1.29, 1.82) is 0 Å². The molecule has 30 heavy (non-hydrogen) atoms. The van der Waals surface area contributed by atoms with Crippen LogP contribution in [-0.4, -0.2) is 62.3 Å². The number of hydrogen-bond acceptors (Lipinski definition) is 7. The molecule has 2 fully saturated rings. The average molecular weight is 421 g/mol. The molecule has 1 heterocycles. The second-order valence-electron chi connectivity index (χ2n) is 8.32. The lowest BCUT2D eigenvalue weighted by Crippen LogP contribution is -2.59. The Bertz CT molecular complexity index is 781. The fraction of sp³-hybridized carbons (Fsp3) is 0.636. The molecule has 1 aromatic carbocycles. The summed E-state index contributed by atoms with van der Waals surface area (Å²) in [5, 5.41) is 2.71. The minimum Gasteiger partial charge on any atom is -0.467 e. The molecule has 4 atom stereocenters. The Hall–Kier alpha value is -2.00. The van der Waals surface area contributed by atoms with Gasteiger partial charge in [-0.05, 0) is 26.3 Å². The SMILES string of the molecule is CNC(=O)[C@@]1(OCc2cccc(C)c2)CC(OCC(=O)OC)[C@@H]2OC(C)(C)O[C@@H]2C1. The molecule has 1 amide bonds. The van der Waals surface area contributed by atoms with E-state index in [0.29, 0.717) is 6.42 Å². The number of hydrogen-bond donors (Lipinski definition) is 1. The van der Waals surface area contributed by atoms with Gasteiger partial charge in [0, 0.05) is 19.9 Å². The Morgan fingerprint density at radius 2 is 2.00 bits per heavy atom. The lowest BCUT2D eigenvalue weighted by atomic mass is 9.78. The summed E-state index contributed by atoms with van der Waals surface area (Å²) in [6.07, 6.45) is -0.837. The van der Waals surface area contributed by atoms with Crippen LogP contribution in [0, 0.1) is 6.92 Å². The van der Waals surface area contributed by atoms with E-state index in [1.807, 2.05) is 45.0 Å². The van der Waals surface area contributed by atoms with Crippen LogP contribution in [0.4, 0.5) is 0 Å². The van der Waals surface area contributed by atoms with Gasteiger partial charge in [0.15, 0.2) is 11.4 Å². The lowest BCUT2D eigenvalue weighted by Gasteiger charge is -2.43. The van der Waals surface area contributed by atoms with Crippen LogP contribution in [0.15, 0.2) is 24.3 Å². The van der Waals surface area contributed by atoms with Crippen LogP contribution in [0.5, 0.6) is 0 Å². The van der Waals surface area contributed by atoms with Gasteiger partial charge in [-0.3, -0.25) is 4.79 Å². The second kappa shape index (κ2) is 9.01. The number of methoxy groups -OCH3 is 1. The van der Waals surface area contributed by atoms with Crippen LogP contribution in [0.3, 0.4) is 0 Å². The third-order valence-corrected chi connectivity index (χ3v) is 5.53. The summed E-state index contributed by atoms with van der Waals surface area (Å²) in [7, 11) is 2.87. The molecule has 1 N–H and O–H groups in total. The predicted octanol–water partition coefficient (Wildman–Crippen LogP) is 1.87. The number of rotatable bonds is 7. The van der Waals surface area contributed by atoms with Gasteiger partial charge in [0.1, 0.15) is 12.7 Å². The van der Waals surface area contributed by atoms with Gasteiger partial charge in [-0.15, -0.1) is 0 Å². The highest BCUT2D eigenvalue weighted by atomic mass is 16.8. The van der Waals surface area contributed by atoms with E-state index in [1.54, 1.807) is 7.05 Å². The monoisotopic (exact) mass is 421 g/mol. The summed E-state index contributed by atoms with van der Waals surface area (Å²) in [5.74, 6) is -1.58. The maximum Gasteiger partial charge on any atom is 0.331 e. The van der Waals surface area contributed by atoms with Crippen molar-refractivity contribution < 1.29 is 33.3 Å². The van der Waals surface area contributed by atoms with E-state index in [9.17, 15) is 9.59 Å². The summed E-state index contributed by atoms with van der Waals surface area (Å²) >= 11 is 0. The standard InChI is InChI=1S/C22H31NO7/c1-14-7-6-8-15(9-14)12-28-22(20(25)23-4)10-16(27-13-18(24)26-5)19-17(11-22)29-21(2,3)30-19/h6-9,16-17,19H,10-13H2,1-5H3,(H,23,25)/t16?,17-,19+,22-/m1/s1. The van der Waals surface area contributed by atoms with E-state index < -0.39 is 35.7 Å². The average Bonchev–Trinajstić information content (AvgIpc) is 3.03. The maximum atomic E-state index is 13.0. The van der Waals surface area contributed by atoms with E-state index in [2.05, 4.69) is 10.1 Å². The molecule has 0 bridgehead atoms. The number of benzene rings is 1. The van der Waals surface area contributed by atoms with Crippen LogP contribution in [-0.2, 0) is 39.9 Å². The summed E-state index contributed by atoms with van der Waals surface area (Å²) in [4.78, 5) is 24.6. The Kier molecular flexibility index (Phi) is 6.81. The number of esters is 1. The first-order chi connectivity index (χ1) is 14.2. The van der Waals surface area contributed by atoms with Crippen LogP contribution >= 0.6 is 0 Å². The van der Waals surface area contributed by atoms with Gasteiger partial charge in [-0.2, -0.15) is 0 Å². The largest absolute Gasteiger partial charge is 0.467 e. The summed E-state index contributed by atoms with van der Waals surface area (Å²) in [6.45, 7) is 5.66. The van der Waals surface area contributed by atoms with Crippen LogP contribution in [0.25, 0.3) is 0 Å². The van der Waals surface area contributed by atoms with Crippen molar-refractivity contribution in [3.8, 4) is 0 Å². The van der Waals surface area contributed by atoms with Crippen molar-refractivity contribution in [2.24, 2.45) is 0 Å². The minimum absolute atomic E-state index is 0.232. The van der Waals surface area contributed by atoms with Gasteiger partial charge < -0.3 is 29.0 Å². The van der Waals surface area contributed by atoms with Crippen molar-refractivity contribution in [2.75, 3.05) is 20.8 Å². The number of fused-ring (bicyclic) bond motifs is 1. The summed E-state index contributed by atoms with van der Waals surface area (Å²) in [6, 6.07) is 7.94. The third kappa shape index (κ3) is 5.00. The van der Waals surface area contributed by atoms with Gasteiger partial charge in [0.05, 0.1) is 25.9 Å². The Morgan fingerprint density at radius 1 is 1.23 bits per heavy atom. The predicted molar refractivity (Wildman–Crippen MR) is 108 cm³/mol. The molecule has 8 heteroatoms. The van der Waals surface area contributed by atoms with E-state index >= 15 is 0 Å². The molecule has 1 saturated carbocycles. The zero-order chi connectivity index (χ0) is 21.9. The molecular weight excluding hydrogens is 390 g/mol. The molecule has 1 unspecified atom stereocenters. The van der Waals surface area contributed by atoms with Crippen LogP contribution in [0.1, 0.15) is 37.8 Å². The molecule has 1 aliphatic heterocycles. The highest BCUT2D eigenvalue weighted by Crippen LogP contribution is 2.44.